The standard InChI is InChI=1S/C19H20ClN3O/c20-18-9-8-15(7-6-14-4-5-14)11-17(18)19-13-23(22-21-19)12-16-3-1-2-10-24-16/h8-9,11,13-14,16H,1-5,10,12H2/t16-/m1/s1. The van der Waals surface area contributed by atoms with Crippen LogP contribution in [-0.2, 0) is 11.3 Å². The summed E-state index contributed by atoms with van der Waals surface area (Å²) in [6.45, 7) is 1.59. The van der Waals surface area contributed by atoms with Gasteiger partial charge < -0.3 is 4.74 Å². The van der Waals surface area contributed by atoms with E-state index in [1.807, 2.05) is 29.1 Å². The molecule has 1 aromatic heterocycles. The van der Waals surface area contributed by atoms with Crippen LogP contribution in [0.2, 0.25) is 5.02 Å². The van der Waals surface area contributed by atoms with Gasteiger partial charge in [-0.1, -0.05) is 28.7 Å². The molecule has 24 heavy (non-hydrogen) atoms. The molecular formula is C19H20ClN3O. The summed E-state index contributed by atoms with van der Waals surface area (Å²) in [7, 11) is 0. The van der Waals surface area contributed by atoms with Gasteiger partial charge in [0.2, 0.25) is 0 Å². The predicted octanol–water partition coefficient (Wildman–Crippen LogP) is 3.93. The van der Waals surface area contributed by atoms with Crippen LogP contribution in [-0.4, -0.2) is 27.7 Å². The van der Waals surface area contributed by atoms with Crippen molar-refractivity contribution in [3.05, 3.63) is 35.0 Å². The highest BCUT2D eigenvalue weighted by atomic mass is 35.5. The van der Waals surface area contributed by atoms with Crippen LogP contribution in [0.15, 0.2) is 24.4 Å². The average molecular weight is 342 g/mol. The molecule has 0 amide bonds. The number of nitrogens with zero attached hydrogens (tertiary/aromatic N) is 3. The van der Waals surface area contributed by atoms with Gasteiger partial charge in [-0.05, 0) is 50.3 Å². The van der Waals surface area contributed by atoms with E-state index in [9.17, 15) is 0 Å². The molecule has 1 aromatic carbocycles. The van der Waals surface area contributed by atoms with E-state index in [0.717, 1.165) is 42.8 Å². The van der Waals surface area contributed by atoms with Crippen molar-refractivity contribution < 1.29 is 4.74 Å². The molecule has 0 bridgehead atoms. The summed E-state index contributed by atoms with van der Waals surface area (Å²) in [5.74, 6) is 7.10. The third-order valence-electron chi connectivity index (χ3n) is 4.44. The van der Waals surface area contributed by atoms with Gasteiger partial charge in [-0.3, -0.25) is 0 Å². The van der Waals surface area contributed by atoms with Crippen LogP contribution in [0.1, 0.15) is 37.7 Å². The first kappa shape index (κ1) is 15.7. The van der Waals surface area contributed by atoms with Gasteiger partial charge in [0.15, 0.2) is 0 Å². The van der Waals surface area contributed by atoms with Crippen LogP contribution in [0.25, 0.3) is 11.3 Å². The van der Waals surface area contributed by atoms with Crippen LogP contribution in [0.3, 0.4) is 0 Å². The molecule has 1 saturated heterocycles. The van der Waals surface area contributed by atoms with Crippen LogP contribution in [0.4, 0.5) is 0 Å². The quantitative estimate of drug-likeness (QED) is 0.794. The third-order valence-corrected chi connectivity index (χ3v) is 4.77. The average Bonchev–Trinajstić information content (AvgIpc) is 3.33. The van der Waals surface area contributed by atoms with Crippen molar-refractivity contribution in [1.82, 2.24) is 15.0 Å². The summed E-state index contributed by atoms with van der Waals surface area (Å²) in [4.78, 5) is 0. The molecular weight excluding hydrogens is 322 g/mol. The van der Waals surface area contributed by atoms with E-state index in [1.165, 1.54) is 19.3 Å². The molecule has 0 N–H and O–H groups in total. The largest absolute Gasteiger partial charge is 0.376 e. The summed E-state index contributed by atoms with van der Waals surface area (Å²) in [5.41, 5.74) is 2.65. The van der Waals surface area contributed by atoms with E-state index in [4.69, 9.17) is 16.3 Å². The normalized spacial score (nSPS) is 20.5. The van der Waals surface area contributed by atoms with Crippen molar-refractivity contribution in [2.45, 2.75) is 44.8 Å². The maximum Gasteiger partial charge on any atom is 0.114 e. The van der Waals surface area contributed by atoms with Crippen LogP contribution in [0, 0.1) is 17.8 Å². The highest BCUT2D eigenvalue weighted by molar-refractivity contribution is 6.33. The Labute approximate surface area is 147 Å². The maximum atomic E-state index is 6.36. The van der Waals surface area contributed by atoms with Crippen molar-refractivity contribution in [3.63, 3.8) is 0 Å². The number of halogens is 1. The van der Waals surface area contributed by atoms with Gasteiger partial charge in [0.25, 0.3) is 0 Å². The molecule has 2 aromatic rings. The summed E-state index contributed by atoms with van der Waals surface area (Å²) in [5, 5.41) is 9.19. The molecule has 4 nitrogen and oxygen atoms in total. The van der Waals surface area contributed by atoms with E-state index < -0.39 is 0 Å². The second kappa shape index (κ2) is 6.96. The molecule has 1 aliphatic carbocycles. The molecule has 2 heterocycles. The lowest BCUT2D eigenvalue weighted by molar-refractivity contribution is 0.00370. The zero-order chi connectivity index (χ0) is 16.4. The summed E-state index contributed by atoms with van der Waals surface area (Å²) >= 11 is 6.36. The minimum atomic E-state index is 0.236. The minimum Gasteiger partial charge on any atom is -0.376 e. The Morgan fingerprint density at radius 1 is 1.25 bits per heavy atom. The predicted molar refractivity (Wildman–Crippen MR) is 93.7 cm³/mol. The SMILES string of the molecule is Clc1ccc(C#CC2CC2)cc1-c1cn(C[C@H]2CCCCO2)nn1. The second-order valence-electron chi connectivity index (χ2n) is 6.55. The summed E-state index contributed by atoms with van der Waals surface area (Å²) in [6, 6.07) is 5.85. The molecule has 1 saturated carbocycles. The lowest BCUT2D eigenvalue weighted by Crippen LogP contribution is -2.24. The van der Waals surface area contributed by atoms with E-state index in [1.54, 1.807) is 0 Å². The smallest absolute Gasteiger partial charge is 0.114 e. The Morgan fingerprint density at radius 3 is 2.96 bits per heavy atom. The highest BCUT2D eigenvalue weighted by Crippen LogP contribution is 2.29. The monoisotopic (exact) mass is 341 g/mol. The molecule has 2 fully saturated rings. The number of benzene rings is 1. The molecule has 4 rings (SSSR count). The zero-order valence-corrected chi connectivity index (χ0v) is 14.3. The van der Waals surface area contributed by atoms with Gasteiger partial charge >= 0.3 is 0 Å². The molecule has 1 atom stereocenters. The van der Waals surface area contributed by atoms with Gasteiger partial charge in [-0.2, -0.15) is 0 Å². The van der Waals surface area contributed by atoms with Gasteiger partial charge in [0, 0.05) is 23.7 Å². The topological polar surface area (TPSA) is 39.9 Å². The van der Waals surface area contributed by atoms with E-state index >= 15 is 0 Å². The van der Waals surface area contributed by atoms with E-state index in [0.29, 0.717) is 10.9 Å². The maximum absolute atomic E-state index is 6.36. The molecule has 5 heteroatoms. The lowest BCUT2D eigenvalue weighted by atomic mass is 10.1. The number of hydrogen-bond donors (Lipinski definition) is 0. The fraction of sp³-hybridized carbons (Fsp3) is 0.474. The number of aromatic nitrogens is 3. The first-order valence-corrected chi connectivity index (χ1v) is 8.99. The number of rotatable bonds is 3. The van der Waals surface area contributed by atoms with Gasteiger partial charge in [-0.15, -0.1) is 5.10 Å². The van der Waals surface area contributed by atoms with Crippen molar-refractivity contribution in [2.75, 3.05) is 6.61 Å². The minimum absolute atomic E-state index is 0.236. The lowest BCUT2D eigenvalue weighted by Gasteiger charge is -2.21. The van der Waals surface area contributed by atoms with Crippen LogP contribution >= 0.6 is 11.6 Å². The van der Waals surface area contributed by atoms with Crippen molar-refractivity contribution in [2.24, 2.45) is 5.92 Å². The number of ether oxygens (including phenoxy) is 1. The van der Waals surface area contributed by atoms with Gasteiger partial charge in [0.1, 0.15) is 5.69 Å². The molecule has 124 valence electrons. The Morgan fingerprint density at radius 2 is 2.17 bits per heavy atom. The molecule has 0 unspecified atom stereocenters. The van der Waals surface area contributed by atoms with Crippen molar-refractivity contribution in [1.29, 1.82) is 0 Å². The van der Waals surface area contributed by atoms with Crippen LogP contribution in [0.5, 0.6) is 0 Å². The summed E-state index contributed by atoms with van der Waals surface area (Å²) < 4.78 is 7.62. The van der Waals surface area contributed by atoms with E-state index in [2.05, 4.69) is 22.2 Å². The molecule has 1 aliphatic heterocycles. The Balaban J connectivity index is 1.52. The third kappa shape index (κ3) is 3.80. The van der Waals surface area contributed by atoms with Crippen molar-refractivity contribution >= 4 is 11.6 Å². The molecule has 0 radical (unpaired) electrons. The Bertz CT molecular complexity index is 779. The van der Waals surface area contributed by atoms with Gasteiger partial charge in [0.05, 0.1) is 23.9 Å². The fourth-order valence-electron chi connectivity index (χ4n) is 2.88. The fourth-order valence-corrected chi connectivity index (χ4v) is 3.10. The Hall–Kier alpha value is -1.83. The summed E-state index contributed by atoms with van der Waals surface area (Å²) in [6.07, 6.45) is 8.10. The second-order valence-corrected chi connectivity index (χ2v) is 6.96. The zero-order valence-electron chi connectivity index (χ0n) is 13.5. The highest BCUT2D eigenvalue weighted by Gasteiger charge is 2.18. The molecule has 0 spiro atoms. The van der Waals surface area contributed by atoms with Crippen molar-refractivity contribution in [3.8, 4) is 23.1 Å². The van der Waals surface area contributed by atoms with Crippen LogP contribution < -0.4 is 0 Å². The Kier molecular flexibility index (Phi) is 4.55. The first-order valence-electron chi connectivity index (χ1n) is 8.61. The van der Waals surface area contributed by atoms with E-state index in [-0.39, 0.29) is 6.10 Å². The molecule has 2 aliphatic rings. The van der Waals surface area contributed by atoms with Gasteiger partial charge in [-0.25, -0.2) is 4.68 Å². The first-order chi connectivity index (χ1) is 11.8. The number of hydrogen-bond acceptors (Lipinski definition) is 3.